The van der Waals surface area contributed by atoms with E-state index in [-0.39, 0.29) is 17.5 Å². The predicted molar refractivity (Wildman–Crippen MR) is 121 cm³/mol. The molecule has 1 N–H and O–H groups in total. The van der Waals surface area contributed by atoms with E-state index in [1.54, 1.807) is 49.4 Å². The molecule has 0 spiro atoms. The van der Waals surface area contributed by atoms with Gasteiger partial charge in [-0.25, -0.2) is 8.42 Å². The number of nitrogens with zero attached hydrogens (tertiary/aromatic N) is 1. The Morgan fingerprint density at radius 1 is 1.13 bits per heavy atom. The standard InChI is InChI=1S/C22H29ClN2O4S/c1-16(2)29-14-6-13-24-22(26)15-25(21-8-5-7-20(23)18(21)4)30(27,28)19-11-9-17(3)10-12-19/h5,7-12,16H,6,13-15H2,1-4H3,(H,24,26). The molecule has 164 valence electrons. The minimum Gasteiger partial charge on any atom is -0.379 e. The molecule has 0 bridgehead atoms. The number of sulfonamides is 1. The average molecular weight is 453 g/mol. The van der Waals surface area contributed by atoms with E-state index in [0.717, 1.165) is 9.87 Å². The second-order valence-corrected chi connectivity index (χ2v) is 9.60. The second kappa shape index (κ2) is 10.8. The zero-order valence-electron chi connectivity index (χ0n) is 17.8. The van der Waals surface area contributed by atoms with Crippen LogP contribution in [0.25, 0.3) is 0 Å². The van der Waals surface area contributed by atoms with Crippen molar-refractivity contribution in [2.75, 3.05) is 24.0 Å². The van der Waals surface area contributed by atoms with Gasteiger partial charge in [-0.2, -0.15) is 0 Å². The number of benzene rings is 2. The number of amides is 1. The lowest BCUT2D eigenvalue weighted by molar-refractivity contribution is -0.119. The fourth-order valence-corrected chi connectivity index (χ4v) is 4.46. The number of ether oxygens (including phenoxy) is 1. The van der Waals surface area contributed by atoms with Gasteiger partial charge in [0, 0.05) is 18.2 Å². The molecule has 0 saturated heterocycles. The summed E-state index contributed by atoms with van der Waals surface area (Å²) in [7, 11) is -3.96. The van der Waals surface area contributed by atoms with E-state index < -0.39 is 15.9 Å². The van der Waals surface area contributed by atoms with E-state index >= 15 is 0 Å². The summed E-state index contributed by atoms with van der Waals surface area (Å²) >= 11 is 6.22. The fraction of sp³-hybridized carbons (Fsp3) is 0.409. The molecule has 0 aliphatic rings. The van der Waals surface area contributed by atoms with Crippen LogP contribution >= 0.6 is 11.6 Å². The zero-order chi connectivity index (χ0) is 22.3. The van der Waals surface area contributed by atoms with Crippen LogP contribution in [-0.2, 0) is 19.6 Å². The van der Waals surface area contributed by atoms with Crippen LogP contribution in [0.2, 0.25) is 5.02 Å². The van der Waals surface area contributed by atoms with Crippen LogP contribution in [0.3, 0.4) is 0 Å². The molecular weight excluding hydrogens is 424 g/mol. The number of anilines is 1. The van der Waals surface area contributed by atoms with Crippen molar-refractivity contribution in [1.29, 1.82) is 0 Å². The topological polar surface area (TPSA) is 75.7 Å². The van der Waals surface area contributed by atoms with Crippen molar-refractivity contribution in [3.05, 3.63) is 58.6 Å². The third-order valence-corrected chi connectivity index (χ3v) is 6.68. The summed E-state index contributed by atoms with van der Waals surface area (Å²) < 4.78 is 33.3. The summed E-state index contributed by atoms with van der Waals surface area (Å²) in [5.41, 5.74) is 1.91. The molecule has 2 aromatic carbocycles. The molecule has 30 heavy (non-hydrogen) atoms. The maximum Gasteiger partial charge on any atom is 0.264 e. The van der Waals surface area contributed by atoms with Crippen LogP contribution in [0.15, 0.2) is 47.4 Å². The van der Waals surface area contributed by atoms with Gasteiger partial charge in [-0.1, -0.05) is 35.4 Å². The minimum absolute atomic E-state index is 0.116. The average Bonchev–Trinajstić information content (AvgIpc) is 2.68. The molecular formula is C22H29ClN2O4S. The first-order chi connectivity index (χ1) is 14.1. The van der Waals surface area contributed by atoms with Crippen molar-refractivity contribution >= 4 is 33.2 Å². The quantitative estimate of drug-likeness (QED) is 0.551. The van der Waals surface area contributed by atoms with Crippen molar-refractivity contribution in [2.45, 2.75) is 45.1 Å². The van der Waals surface area contributed by atoms with Crippen molar-refractivity contribution in [1.82, 2.24) is 5.32 Å². The van der Waals surface area contributed by atoms with Gasteiger partial charge in [0.25, 0.3) is 10.0 Å². The lowest BCUT2D eigenvalue weighted by Gasteiger charge is -2.26. The summed E-state index contributed by atoms with van der Waals surface area (Å²) in [4.78, 5) is 12.7. The molecule has 1 amide bonds. The number of hydrogen-bond donors (Lipinski definition) is 1. The van der Waals surface area contributed by atoms with Crippen LogP contribution in [0.1, 0.15) is 31.4 Å². The number of halogens is 1. The maximum atomic E-state index is 13.4. The predicted octanol–water partition coefficient (Wildman–Crippen LogP) is 4.08. The molecule has 0 atom stereocenters. The summed E-state index contributed by atoms with van der Waals surface area (Å²) in [5, 5.41) is 3.20. The number of hydrogen-bond acceptors (Lipinski definition) is 4. The Hall–Kier alpha value is -2.09. The minimum atomic E-state index is -3.96. The van der Waals surface area contributed by atoms with Gasteiger partial charge < -0.3 is 10.1 Å². The number of rotatable bonds is 10. The lowest BCUT2D eigenvalue weighted by atomic mass is 10.2. The molecule has 0 aliphatic carbocycles. The van der Waals surface area contributed by atoms with Gasteiger partial charge in [0.2, 0.25) is 5.91 Å². The van der Waals surface area contributed by atoms with Crippen LogP contribution in [0.5, 0.6) is 0 Å². The van der Waals surface area contributed by atoms with Crippen LogP contribution < -0.4 is 9.62 Å². The molecule has 0 heterocycles. The Kier molecular flexibility index (Phi) is 8.70. The van der Waals surface area contributed by atoms with E-state index in [0.29, 0.717) is 35.8 Å². The van der Waals surface area contributed by atoms with Crippen LogP contribution in [0.4, 0.5) is 5.69 Å². The van der Waals surface area contributed by atoms with Gasteiger partial charge in [0.1, 0.15) is 6.54 Å². The van der Waals surface area contributed by atoms with Gasteiger partial charge in [0.15, 0.2) is 0 Å². The fourth-order valence-electron chi connectivity index (χ4n) is 2.81. The van der Waals surface area contributed by atoms with Gasteiger partial charge in [-0.05, 0) is 63.9 Å². The first-order valence-corrected chi connectivity index (χ1v) is 11.7. The van der Waals surface area contributed by atoms with E-state index in [4.69, 9.17) is 16.3 Å². The molecule has 6 nitrogen and oxygen atoms in total. The first kappa shape index (κ1) is 24.2. The van der Waals surface area contributed by atoms with Crippen LogP contribution in [-0.4, -0.2) is 40.1 Å². The number of aryl methyl sites for hydroxylation is 1. The summed E-state index contributed by atoms with van der Waals surface area (Å²) in [6, 6.07) is 11.5. The maximum absolute atomic E-state index is 13.4. The van der Waals surface area contributed by atoms with E-state index in [2.05, 4.69) is 5.32 Å². The highest BCUT2D eigenvalue weighted by Crippen LogP contribution is 2.30. The Labute approximate surface area is 184 Å². The van der Waals surface area contributed by atoms with E-state index in [1.807, 2.05) is 20.8 Å². The normalized spacial score (nSPS) is 11.5. The molecule has 0 saturated carbocycles. The smallest absolute Gasteiger partial charge is 0.264 e. The Balaban J connectivity index is 2.25. The highest BCUT2D eigenvalue weighted by Gasteiger charge is 2.28. The largest absolute Gasteiger partial charge is 0.379 e. The zero-order valence-corrected chi connectivity index (χ0v) is 19.4. The monoisotopic (exact) mass is 452 g/mol. The van der Waals surface area contributed by atoms with Gasteiger partial charge >= 0.3 is 0 Å². The second-order valence-electron chi connectivity index (χ2n) is 7.33. The van der Waals surface area contributed by atoms with Crippen molar-refractivity contribution < 1.29 is 17.9 Å². The Morgan fingerprint density at radius 2 is 1.80 bits per heavy atom. The Bertz CT molecular complexity index is 960. The summed E-state index contributed by atoms with van der Waals surface area (Å²) in [6.45, 7) is 8.08. The van der Waals surface area contributed by atoms with Gasteiger partial charge in [-0.3, -0.25) is 9.10 Å². The molecule has 0 radical (unpaired) electrons. The number of carbonyl (C=O) groups is 1. The van der Waals surface area contributed by atoms with E-state index in [9.17, 15) is 13.2 Å². The summed E-state index contributed by atoms with van der Waals surface area (Å²) in [5.74, 6) is -0.394. The summed E-state index contributed by atoms with van der Waals surface area (Å²) in [6.07, 6.45) is 0.770. The van der Waals surface area contributed by atoms with Gasteiger partial charge in [0.05, 0.1) is 16.7 Å². The number of nitrogens with one attached hydrogen (secondary N) is 1. The lowest BCUT2D eigenvalue weighted by Crippen LogP contribution is -2.41. The van der Waals surface area contributed by atoms with E-state index in [1.165, 1.54) is 0 Å². The van der Waals surface area contributed by atoms with Crippen molar-refractivity contribution in [2.24, 2.45) is 0 Å². The van der Waals surface area contributed by atoms with Crippen molar-refractivity contribution in [3.8, 4) is 0 Å². The Morgan fingerprint density at radius 3 is 2.43 bits per heavy atom. The molecule has 2 aromatic rings. The number of carbonyl (C=O) groups excluding carboxylic acids is 1. The third kappa shape index (κ3) is 6.45. The molecule has 2 rings (SSSR count). The highest BCUT2D eigenvalue weighted by atomic mass is 35.5. The molecule has 0 aliphatic heterocycles. The molecule has 0 fully saturated rings. The third-order valence-electron chi connectivity index (χ3n) is 4.50. The van der Waals surface area contributed by atoms with Crippen LogP contribution in [0, 0.1) is 13.8 Å². The SMILES string of the molecule is Cc1ccc(S(=O)(=O)N(CC(=O)NCCCOC(C)C)c2cccc(Cl)c2C)cc1. The molecule has 0 unspecified atom stereocenters. The molecule has 8 heteroatoms. The first-order valence-electron chi connectivity index (χ1n) is 9.85. The molecule has 0 aromatic heterocycles. The van der Waals surface area contributed by atoms with Crippen molar-refractivity contribution in [3.63, 3.8) is 0 Å². The van der Waals surface area contributed by atoms with Gasteiger partial charge in [-0.15, -0.1) is 0 Å². The highest BCUT2D eigenvalue weighted by molar-refractivity contribution is 7.92.